The van der Waals surface area contributed by atoms with Gasteiger partial charge >= 0.3 is 6.01 Å². The van der Waals surface area contributed by atoms with Gasteiger partial charge in [0.05, 0.1) is 18.6 Å². The Morgan fingerprint density at radius 2 is 2.06 bits per heavy atom. The Morgan fingerprint density at radius 3 is 2.61 bits per heavy atom. The molecule has 0 bridgehead atoms. The van der Waals surface area contributed by atoms with Crippen molar-refractivity contribution in [3.05, 3.63) is 0 Å². The van der Waals surface area contributed by atoms with Crippen LogP contribution < -0.4 is 21.3 Å². The third kappa shape index (κ3) is 2.96. The zero-order valence-corrected chi connectivity index (χ0v) is 10.6. The highest BCUT2D eigenvalue weighted by Gasteiger charge is 2.28. The molecule has 1 aromatic heterocycles. The molecule has 0 aromatic carbocycles. The molecule has 1 aliphatic heterocycles. The minimum absolute atomic E-state index is 0.0758. The second-order valence-electron chi connectivity index (χ2n) is 3.86. The number of anilines is 2. The van der Waals surface area contributed by atoms with Crippen molar-refractivity contribution in [2.24, 2.45) is 5.84 Å². The van der Waals surface area contributed by atoms with Crippen molar-refractivity contribution in [3.8, 4) is 6.01 Å². The van der Waals surface area contributed by atoms with Crippen LogP contribution in [0.25, 0.3) is 0 Å². The molecule has 0 amide bonds. The molecular weight excluding hydrogens is 260 g/mol. The van der Waals surface area contributed by atoms with Gasteiger partial charge in [-0.2, -0.15) is 15.0 Å². The third-order valence-corrected chi connectivity index (χ3v) is 4.26. The van der Waals surface area contributed by atoms with Gasteiger partial charge in [-0.25, -0.2) is 14.3 Å². The minimum atomic E-state index is -2.95. The van der Waals surface area contributed by atoms with Gasteiger partial charge in [-0.1, -0.05) is 0 Å². The highest BCUT2D eigenvalue weighted by Crippen LogP contribution is 2.17. The fraction of sp³-hybridized carbons (Fsp3) is 0.625. The average molecular weight is 274 g/mol. The summed E-state index contributed by atoms with van der Waals surface area (Å²) in [6.07, 6.45) is 0.529. The Labute approximate surface area is 104 Å². The van der Waals surface area contributed by atoms with E-state index in [1.165, 1.54) is 7.11 Å². The van der Waals surface area contributed by atoms with Crippen molar-refractivity contribution < 1.29 is 13.2 Å². The lowest BCUT2D eigenvalue weighted by atomic mass is 10.3. The Bertz CT molecular complexity index is 511. The summed E-state index contributed by atoms with van der Waals surface area (Å²) in [6, 6.07) is -0.103. The Hall–Kier alpha value is -1.68. The molecule has 9 nitrogen and oxygen atoms in total. The predicted molar refractivity (Wildman–Crippen MR) is 64.9 cm³/mol. The highest BCUT2D eigenvalue weighted by molar-refractivity contribution is 7.91. The van der Waals surface area contributed by atoms with Crippen molar-refractivity contribution in [3.63, 3.8) is 0 Å². The molecule has 4 N–H and O–H groups in total. The smallest absolute Gasteiger partial charge is 0.322 e. The topological polar surface area (TPSA) is 132 Å². The lowest BCUT2D eigenvalue weighted by Gasteiger charge is -2.11. The van der Waals surface area contributed by atoms with Crippen LogP contribution in [0, 0.1) is 0 Å². The van der Waals surface area contributed by atoms with Crippen LogP contribution in [0.4, 0.5) is 11.9 Å². The van der Waals surface area contributed by atoms with E-state index in [9.17, 15) is 8.42 Å². The first-order valence-electron chi connectivity index (χ1n) is 5.26. The number of ether oxygens (including phenoxy) is 1. The van der Waals surface area contributed by atoms with Crippen molar-refractivity contribution in [2.75, 3.05) is 29.4 Å². The number of sulfone groups is 1. The van der Waals surface area contributed by atoms with E-state index in [1.807, 2.05) is 0 Å². The van der Waals surface area contributed by atoms with Crippen LogP contribution in [-0.2, 0) is 9.84 Å². The highest BCUT2D eigenvalue weighted by atomic mass is 32.2. The molecule has 10 heteroatoms. The lowest BCUT2D eigenvalue weighted by molar-refractivity contribution is 0.379. The Kier molecular flexibility index (Phi) is 3.48. The summed E-state index contributed by atoms with van der Waals surface area (Å²) in [7, 11) is -1.54. The lowest BCUT2D eigenvalue weighted by Crippen LogP contribution is -2.23. The Balaban J connectivity index is 2.14. The van der Waals surface area contributed by atoms with Crippen LogP contribution in [0.5, 0.6) is 6.01 Å². The molecule has 2 heterocycles. The Morgan fingerprint density at radius 1 is 1.33 bits per heavy atom. The first kappa shape index (κ1) is 12.8. The number of aromatic nitrogens is 3. The van der Waals surface area contributed by atoms with Crippen LogP contribution in [0.2, 0.25) is 0 Å². The molecule has 1 aliphatic rings. The number of hydrogen-bond acceptors (Lipinski definition) is 9. The fourth-order valence-corrected chi connectivity index (χ4v) is 3.34. The second kappa shape index (κ2) is 4.90. The molecule has 18 heavy (non-hydrogen) atoms. The quantitative estimate of drug-likeness (QED) is 0.455. The fourth-order valence-electron chi connectivity index (χ4n) is 1.67. The van der Waals surface area contributed by atoms with Crippen molar-refractivity contribution in [2.45, 2.75) is 12.5 Å². The molecule has 1 fully saturated rings. The molecule has 1 atom stereocenters. The van der Waals surface area contributed by atoms with E-state index >= 15 is 0 Å². The summed E-state index contributed by atoms with van der Waals surface area (Å²) in [5.74, 6) is 5.84. The maximum Gasteiger partial charge on any atom is 0.322 e. The zero-order chi connectivity index (χ0) is 13.2. The molecule has 0 radical (unpaired) electrons. The number of hydrogen-bond donors (Lipinski definition) is 3. The number of hydrazine groups is 1. The van der Waals surface area contributed by atoms with Gasteiger partial charge in [0.15, 0.2) is 9.84 Å². The van der Waals surface area contributed by atoms with Gasteiger partial charge in [0.25, 0.3) is 0 Å². The maximum absolute atomic E-state index is 11.3. The van der Waals surface area contributed by atoms with E-state index in [2.05, 4.69) is 25.7 Å². The molecule has 0 aliphatic carbocycles. The molecule has 0 saturated carbocycles. The van der Waals surface area contributed by atoms with Crippen molar-refractivity contribution >= 4 is 21.7 Å². The number of methoxy groups -OCH3 is 1. The molecule has 1 saturated heterocycles. The zero-order valence-electron chi connectivity index (χ0n) is 9.75. The van der Waals surface area contributed by atoms with Crippen LogP contribution in [-0.4, -0.2) is 48.0 Å². The van der Waals surface area contributed by atoms with Crippen LogP contribution >= 0.6 is 0 Å². The van der Waals surface area contributed by atoms with E-state index in [-0.39, 0.29) is 35.5 Å². The summed E-state index contributed by atoms with van der Waals surface area (Å²) in [4.78, 5) is 11.8. The maximum atomic E-state index is 11.3. The van der Waals surface area contributed by atoms with Gasteiger partial charge in [-0.3, -0.25) is 5.43 Å². The summed E-state index contributed by atoms with van der Waals surface area (Å²) in [5, 5.41) is 2.93. The first-order chi connectivity index (χ1) is 8.52. The van der Waals surface area contributed by atoms with Gasteiger partial charge < -0.3 is 10.1 Å². The normalized spacial score (nSPS) is 21.6. The number of nitrogen functional groups attached to an aromatic ring is 1. The largest absolute Gasteiger partial charge is 0.467 e. The SMILES string of the molecule is COc1nc(NN)nc(NC2CCS(=O)(=O)C2)n1. The molecule has 1 aromatic rings. The van der Waals surface area contributed by atoms with Gasteiger partial charge in [0, 0.05) is 6.04 Å². The van der Waals surface area contributed by atoms with Crippen molar-refractivity contribution in [1.29, 1.82) is 0 Å². The van der Waals surface area contributed by atoms with Crippen LogP contribution in [0.1, 0.15) is 6.42 Å². The summed E-state index contributed by atoms with van der Waals surface area (Å²) < 4.78 is 27.5. The average Bonchev–Trinajstić information content (AvgIpc) is 2.68. The second-order valence-corrected chi connectivity index (χ2v) is 6.09. The minimum Gasteiger partial charge on any atom is -0.467 e. The number of nitrogens with zero attached hydrogens (tertiary/aromatic N) is 3. The summed E-state index contributed by atoms with van der Waals surface area (Å²) >= 11 is 0. The van der Waals surface area contributed by atoms with E-state index in [0.29, 0.717) is 6.42 Å². The van der Waals surface area contributed by atoms with Gasteiger partial charge in [-0.05, 0) is 6.42 Å². The third-order valence-electron chi connectivity index (χ3n) is 2.49. The standard InChI is InChI=1S/C8H14N6O3S/c1-17-8-12-6(11-7(13-8)14-9)10-5-2-3-18(15,16)4-5/h5H,2-4,9H2,1H3,(H2,10,11,12,13,14). The predicted octanol–water partition coefficient (Wildman–Crippen LogP) is -1.24. The van der Waals surface area contributed by atoms with E-state index in [4.69, 9.17) is 10.6 Å². The summed E-state index contributed by atoms with van der Waals surface area (Å²) in [5.41, 5.74) is 2.28. The monoisotopic (exact) mass is 274 g/mol. The number of rotatable bonds is 4. The van der Waals surface area contributed by atoms with E-state index in [1.54, 1.807) is 0 Å². The van der Waals surface area contributed by atoms with Crippen LogP contribution in [0.3, 0.4) is 0 Å². The molecule has 2 rings (SSSR count). The van der Waals surface area contributed by atoms with E-state index < -0.39 is 9.84 Å². The number of nitrogens with one attached hydrogen (secondary N) is 2. The summed E-state index contributed by atoms with van der Waals surface area (Å²) in [6.45, 7) is 0. The first-order valence-corrected chi connectivity index (χ1v) is 7.08. The van der Waals surface area contributed by atoms with Crippen molar-refractivity contribution in [1.82, 2.24) is 15.0 Å². The van der Waals surface area contributed by atoms with E-state index in [0.717, 1.165) is 0 Å². The number of nitrogens with two attached hydrogens (primary N) is 1. The van der Waals surface area contributed by atoms with Gasteiger partial charge in [0.2, 0.25) is 11.9 Å². The van der Waals surface area contributed by atoms with Gasteiger partial charge in [-0.15, -0.1) is 0 Å². The molecule has 0 spiro atoms. The van der Waals surface area contributed by atoms with Crippen LogP contribution in [0.15, 0.2) is 0 Å². The molecule has 100 valence electrons. The molecular formula is C8H14N6O3S. The van der Waals surface area contributed by atoms with Gasteiger partial charge in [0.1, 0.15) is 0 Å². The molecule has 1 unspecified atom stereocenters.